The van der Waals surface area contributed by atoms with Crippen LogP contribution in [0.1, 0.15) is 37.1 Å². The van der Waals surface area contributed by atoms with Crippen molar-refractivity contribution >= 4 is 47.4 Å². The third-order valence-electron chi connectivity index (χ3n) is 5.98. The van der Waals surface area contributed by atoms with Crippen molar-refractivity contribution in [3.8, 4) is 11.5 Å². The first-order chi connectivity index (χ1) is 16.0. The second-order valence-corrected chi connectivity index (χ2v) is 10.1. The summed E-state index contributed by atoms with van der Waals surface area (Å²) in [4.78, 5) is 17.7. The van der Waals surface area contributed by atoms with Crippen molar-refractivity contribution in [1.82, 2.24) is 4.90 Å². The van der Waals surface area contributed by atoms with Crippen molar-refractivity contribution in [2.24, 2.45) is 5.92 Å². The van der Waals surface area contributed by atoms with Crippen LogP contribution < -0.4 is 14.4 Å². The molecule has 2 aromatic rings. The predicted octanol–water partition coefficient (Wildman–Crippen LogP) is 5.40. The maximum atomic E-state index is 12.6. The van der Waals surface area contributed by atoms with Crippen molar-refractivity contribution in [3.63, 3.8) is 0 Å². The predicted molar refractivity (Wildman–Crippen MR) is 140 cm³/mol. The maximum Gasteiger partial charge on any atom is 0.225 e. The highest BCUT2D eigenvalue weighted by Crippen LogP contribution is 2.54. The summed E-state index contributed by atoms with van der Waals surface area (Å²) in [6, 6.07) is 11.3. The summed E-state index contributed by atoms with van der Waals surface area (Å²) in [7, 11) is 1.63. The molecule has 9 heteroatoms. The summed E-state index contributed by atoms with van der Waals surface area (Å²) in [5.41, 5.74) is 1.75. The fraction of sp³-hybridized carbons (Fsp3) is 0.480. The van der Waals surface area contributed by atoms with E-state index in [1.54, 1.807) is 30.7 Å². The number of halogens is 2. The lowest BCUT2D eigenvalue weighted by molar-refractivity contribution is -0.116. The van der Waals surface area contributed by atoms with Crippen LogP contribution >= 0.6 is 35.8 Å². The lowest BCUT2D eigenvalue weighted by Crippen LogP contribution is -2.31. The van der Waals surface area contributed by atoms with Gasteiger partial charge in [-0.25, -0.2) is 0 Å². The first-order valence-corrected chi connectivity index (χ1v) is 12.7. The standard InChI is InChI=1S/C25H31ClN2O4S.ClH/c1-17(30)28-22-8-6-19(26)14-24(22)33-25(28)21-15-20(31-2)7-9-23(21)32-13-3-10-27(11-12-29)16-18-4-5-18;/h6-9,14-15,18,25,29H,3-5,10-13,16H2,1-2H3;1H. The quantitative estimate of drug-likeness (QED) is 0.395. The van der Waals surface area contributed by atoms with E-state index in [4.69, 9.17) is 21.1 Å². The Balaban J connectivity index is 0.00000324. The molecule has 1 amide bonds. The van der Waals surface area contributed by atoms with E-state index >= 15 is 0 Å². The molecule has 1 N–H and O–H groups in total. The zero-order valence-electron chi connectivity index (χ0n) is 19.5. The normalized spacial score (nSPS) is 16.9. The van der Waals surface area contributed by atoms with Crippen LogP contribution in [0.25, 0.3) is 0 Å². The molecule has 1 heterocycles. The van der Waals surface area contributed by atoms with Gasteiger partial charge in [-0.15, -0.1) is 12.4 Å². The summed E-state index contributed by atoms with van der Waals surface area (Å²) in [6.45, 7) is 4.97. The van der Waals surface area contributed by atoms with E-state index in [0.717, 1.165) is 47.3 Å². The lowest BCUT2D eigenvalue weighted by Gasteiger charge is -2.26. The monoisotopic (exact) mass is 526 g/mol. The van der Waals surface area contributed by atoms with Gasteiger partial charge in [0, 0.05) is 42.0 Å². The zero-order valence-corrected chi connectivity index (χ0v) is 21.9. The summed E-state index contributed by atoms with van der Waals surface area (Å²) < 4.78 is 11.7. The summed E-state index contributed by atoms with van der Waals surface area (Å²) in [6.07, 6.45) is 3.46. The molecule has 1 aliphatic carbocycles. The van der Waals surface area contributed by atoms with E-state index in [1.165, 1.54) is 12.8 Å². The third-order valence-corrected chi connectivity index (χ3v) is 7.49. The topological polar surface area (TPSA) is 62.2 Å². The van der Waals surface area contributed by atoms with Crippen molar-refractivity contribution in [3.05, 3.63) is 47.0 Å². The number of ether oxygens (including phenoxy) is 2. The Morgan fingerprint density at radius 2 is 2.03 bits per heavy atom. The number of methoxy groups -OCH3 is 1. The van der Waals surface area contributed by atoms with Crippen LogP contribution in [0.2, 0.25) is 5.02 Å². The Morgan fingerprint density at radius 1 is 1.24 bits per heavy atom. The van der Waals surface area contributed by atoms with Gasteiger partial charge in [0.1, 0.15) is 16.9 Å². The number of rotatable bonds is 11. The fourth-order valence-corrected chi connectivity index (χ4v) is 5.81. The van der Waals surface area contributed by atoms with Gasteiger partial charge in [-0.05, 0) is 61.6 Å². The van der Waals surface area contributed by atoms with Crippen LogP contribution in [0.4, 0.5) is 5.69 Å². The number of amides is 1. The highest BCUT2D eigenvalue weighted by atomic mass is 35.5. The van der Waals surface area contributed by atoms with Crippen molar-refractivity contribution in [1.29, 1.82) is 0 Å². The molecule has 186 valence electrons. The zero-order chi connectivity index (χ0) is 23.4. The molecule has 0 saturated heterocycles. The Labute approximate surface area is 217 Å². The number of hydrogen-bond donors (Lipinski definition) is 1. The van der Waals surface area contributed by atoms with Gasteiger partial charge in [-0.1, -0.05) is 23.4 Å². The number of thioether (sulfide) groups is 1. The number of aliphatic hydroxyl groups excluding tert-OH is 1. The highest BCUT2D eigenvalue weighted by molar-refractivity contribution is 8.00. The molecular weight excluding hydrogens is 495 g/mol. The van der Waals surface area contributed by atoms with E-state index < -0.39 is 0 Å². The van der Waals surface area contributed by atoms with Crippen molar-refractivity contribution in [2.75, 3.05) is 44.9 Å². The fourth-order valence-electron chi connectivity index (χ4n) is 4.17. The van der Waals surface area contributed by atoms with Gasteiger partial charge in [0.05, 0.1) is 26.0 Å². The average molecular weight is 528 g/mol. The number of carbonyl (C=O) groups is 1. The SMILES string of the molecule is COc1ccc(OCCCN(CCO)CC2CC2)c(C2Sc3cc(Cl)ccc3N2C(C)=O)c1.Cl. The minimum absolute atomic E-state index is 0. The minimum atomic E-state index is -0.262. The molecular formula is C25H32Cl2N2O4S. The molecule has 2 aliphatic rings. The molecule has 0 radical (unpaired) electrons. The lowest BCUT2D eigenvalue weighted by atomic mass is 10.1. The molecule has 1 saturated carbocycles. The van der Waals surface area contributed by atoms with Crippen LogP contribution in [0.3, 0.4) is 0 Å². The molecule has 6 nitrogen and oxygen atoms in total. The number of fused-ring (bicyclic) bond motifs is 1. The molecule has 0 spiro atoms. The number of anilines is 1. The average Bonchev–Trinajstić information content (AvgIpc) is 3.53. The first kappa shape index (κ1) is 27.0. The minimum Gasteiger partial charge on any atom is -0.497 e. The Kier molecular flexibility index (Phi) is 9.80. The summed E-state index contributed by atoms with van der Waals surface area (Å²) in [5.74, 6) is 2.21. The molecule has 0 bridgehead atoms. The summed E-state index contributed by atoms with van der Waals surface area (Å²) >= 11 is 7.80. The Bertz CT molecular complexity index is 989. The maximum absolute atomic E-state index is 12.6. The third kappa shape index (κ3) is 6.52. The molecule has 1 atom stereocenters. The number of carbonyl (C=O) groups excluding carboxylic acids is 1. The molecule has 4 rings (SSSR count). The van der Waals surface area contributed by atoms with Crippen LogP contribution in [0, 0.1) is 5.92 Å². The van der Waals surface area contributed by atoms with Gasteiger partial charge in [0.15, 0.2) is 0 Å². The molecule has 0 aromatic heterocycles. The van der Waals surface area contributed by atoms with Gasteiger partial charge in [0.2, 0.25) is 5.91 Å². The van der Waals surface area contributed by atoms with Gasteiger partial charge in [-0.2, -0.15) is 0 Å². The number of benzene rings is 2. The summed E-state index contributed by atoms with van der Waals surface area (Å²) in [5, 5.41) is 9.73. The van der Waals surface area contributed by atoms with Crippen LogP contribution in [-0.4, -0.2) is 55.9 Å². The van der Waals surface area contributed by atoms with Crippen LogP contribution in [-0.2, 0) is 4.79 Å². The van der Waals surface area contributed by atoms with Crippen molar-refractivity contribution in [2.45, 2.75) is 36.5 Å². The smallest absolute Gasteiger partial charge is 0.225 e. The second kappa shape index (κ2) is 12.4. The Morgan fingerprint density at radius 3 is 2.71 bits per heavy atom. The molecule has 1 fully saturated rings. The molecule has 1 unspecified atom stereocenters. The van der Waals surface area contributed by atoms with E-state index in [2.05, 4.69) is 4.90 Å². The highest BCUT2D eigenvalue weighted by Gasteiger charge is 2.36. The molecule has 1 aliphatic heterocycles. The van der Waals surface area contributed by atoms with Gasteiger partial charge in [-0.3, -0.25) is 9.69 Å². The largest absolute Gasteiger partial charge is 0.497 e. The van der Waals surface area contributed by atoms with E-state index in [1.807, 2.05) is 36.4 Å². The number of nitrogens with zero attached hydrogens (tertiary/aromatic N) is 2. The van der Waals surface area contributed by atoms with Gasteiger partial charge in [0.25, 0.3) is 0 Å². The van der Waals surface area contributed by atoms with Gasteiger partial charge >= 0.3 is 0 Å². The number of aliphatic hydroxyl groups is 1. The van der Waals surface area contributed by atoms with E-state index in [9.17, 15) is 9.90 Å². The Hall–Kier alpha value is -1.64. The molecule has 34 heavy (non-hydrogen) atoms. The van der Waals surface area contributed by atoms with E-state index in [0.29, 0.717) is 23.9 Å². The van der Waals surface area contributed by atoms with Crippen molar-refractivity contribution < 1.29 is 19.4 Å². The van der Waals surface area contributed by atoms with Crippen LogP contribution in [0.15, 0.2) is 41.3 Å². The first-order valence-electron chi connectivity index (χ1n) is 11.4. The second-order valence-electron chi connectivity index (χ2n) is 8.54. The number of hydrogen-bond acceptors (Lipinski definition) is 6. The van der Waals surface area contributed by atoms with E-state index in [-0.39, 0.29) is 30.3 Å². The molecule has 2 aromatic carbocycles. The van der Waals surface area contributed by atoms with Gasteiger partial charge < -0.3 is 19.5 Å². The van der Waals surface area contributed by atoms with Crippen LogP contribution in [0.5, 0.6) is 11.5 Å².